The molecule has 0 spiro atoms. The topological polar surface area (TPSA) is 44.4 Å². The van der Waals surface area contributed by atoms with E-state index in [0.717, 1.165) is 24.3 Å². The summed E-state index contributed by atoms with van der Waals surface area (Å²) in [4.78, 5) is 13.8. The molecule has 1 aromatic carbocycles. The van der Waals surface area contributed by atoms with Crippen molar-refractivity contribution >= 4 is 17.3 Å². The molecule has 0 unspecified atom stereocenters. The molecule has 2 N–H and O–H groups in total. The molecule has 20 heavy (non-hydrogen) atoms. The second-order valence-electron chi connectivity index (χ2n) is 5.78. The largest absolute Gasteiger partial charge is 0.377 e. The van der Waals surface area contributed by atoms with E-state index < -0.39 is 0 Å². The fourth-order valence-electron chi connectivity index (χ4n) is 1.95. The third-order valence-electron chi connectivity index (χ3n) is 3.19. The van der Waals surface area contributed by atoms with Gasteiger partial charge in [0.1, 0.15) is 0 Å². The number of anilines is 2. The van der Waals surface area contributed by atoms with Crippen LogP contribution in [-0.2, 0) is 4.79 Å². The first-order valence-electron chi connectivity index (χ1n) is 7.18. The Labute approximate surface area is 122 Å². The number of nitrogens with zero attached hydrogens (tertiary/aromatic N) is 1. The summed E-state index contributed by atoms with van der Waals surface area (Å²) in [7, 11) is 4.04. The summed E-state index contributed by atoms with van der Waals surface area (Å²) in [6.07, 6.45) is 1.01. The number of benzene rings is 1. The zero-order valence-corrected chi connectivity index (χ0v) is 13.3. The molecule has 0 heterocycles. The van der Waals surface area contributed by atoms with Gasteiger partial charge >= 0.3 is 0 Å². The van der Waals surface area contributed by atoms with E-state index in [1.807, 2.05) is 20.2 Å². The summed E-state index contributed by atoms with van der Waals surface area (Å²) < 4.78 is 0. The van der Waals surface area contributed by atoms with Crippen LogP contribution < -0.4 is 15.5 Å². The van der Waals surface area contributed by atoms with Crippen LogP contribution in [0.3, 0.4) is 0 Å². The lowest BCUT2D eigenvalue weighted by Crippen LogP contribution is -2.31. The smallest absolute Gasteiger partial charge is 0.239 e. The van der Waals surface area contributed by atoms with Crippen molar-refractivity contribution in [3.05, 3.63) is 23.8 Å². The van der Waals surface area contributed by atoms with E-state index in [0.29, 0.717) is 12.5 Å². The van der Waals surface area contributed by atoms with Crippen molar-refractivity contribution in [2.75, 3.05) is 37.4 Å². The maximum Gasteiger partial charge on any atom is 0.239 e. The Bertz CT molecular complexity index is 441. The Hall–Kier alpha value is -1.71. The zero-order valence-electron chi connectivity index (χ0n) is 13.3. The molecule has 4 nitrogen and oxygen atoms in total. The van der Waals surface area contributed by atoms with Crippen molar-refractivity contribution in [2.24, 2.45) is 5.92 Å². The highest BCUT2D eigenvalue weighted by molar-refractivity contribution is 5.81. The molecule has 1 rings (SSSR count). The lowest BCUT2D eigenvalue weighted by atomic mass is 10.1. The summed E-state index contributed by atoms with van der Waals surface area (Å²) >= 11 is 0. The number of hydrogen-bond acceptors (Lipinski definition) is 3. The minimum absolute atomic E-state index is 0.0395. The van der Waals surface area contributed by atoms with Crippen LogP contribution in [0.25, 0.3) is 0 Å². The van der Waals surface area contributed by atoms with Crippen molar-refractivity contribution in [2.45, 2.75) is 27.2 Å². The molecule has 0 radical (unpaired) electrons. The third kappa shape index (κ3) is 5.51. The molecule has 1 aromatic rings. The normalized spacial score (nSPS) is 10.5. The number of carbonyl (C=O) groups excluding carboxylic acids is 1. The van der Waals surface area contributed by atoms with Gasteiger partial charge < -0.3 is 15.5 Å². The average molecular weight is 277 g/mol. The van der Waals surface area contributed by atoms with Crippen LogP contribution in [0.15, 0.2) is 18.2 Å². The molecular formula is C16H27N3O. The van der Waals surface area contributed by atoms with Crippen LogP contribution >= 0.6 is 0 Å². The second-order valence-corrected chi connectivity index (χ2v) is 5.78. The number of aryl methyl sites for hydroxylation is 1. The van der Waals surface area contributed by atoms with Gasteiger partial charge in [0, 0.05) is 32.0 Å². The van der Waals surface area contributed by atoms with Gasteiger partial charge in [0.25, 0.3) is 0 Å². The zero-order chi connectivity index (χ0) is 15.1. The summed E-state index contributed by atoms with van der Waals surface area (Å²) in [6.45, 7) is 7.44. The molecule has 0 saturated heterocycles. The maximum absolute atomic E-state index is 11.7. The van der Waals surface area contributed by atoms with E-state index in [1.54, 1.807) is 0 Å². The molecule has 0 bridgehead atoms. The SMILES string of the molecule is Cc1ccc(NCC(=O)NCCC(C)C)cc1N(C)C. The van der Waals surface area contributed by atoms with Gasteiger partial charge in [-0.3, -0.25) is 4.79 Å². The lowest BCUT2D eigenvalue weighted by Gasteiger charge is -2.17. The van der Waals surface area contributed by atoms with Crippen LogP contribution in [0.5, 0.6) is 0 Å². The van der Waals surface area contributed by atoms with Crippen molar-refractivity contribution in [3.63, 3.8) is 0 Å². The molecule has 0 aromatic heterocycles. The number of amides is 1. The van der Waals surface area contributed by atoms with Crippen LogP contribution in [0.2, 0.25) is 0 Å². The van der Waals surface area contributed by atoms with E-state index in [-0.39, 0.29) is 5.91 Å². The van der Waals surface area contributed by atoms with E-state index >= 15 is 0 Å². The molecule has 1 amide bonds. The average Bonchev–Trinajstić information content (AvgIpc) is 2.37. The predicted molar refractivity (Wildman–Crippen MR) is 86.5 cm³/mol. The van der Waals surface area contributed by atoms with Crippen molar-refractivity contribution < 1.29 is 4.79 Å². The van der Waals surface area contributed by atoms with Gasteiger partial charge in [-0.25, -0.2) is 0 Å². The van der Waals surface area contributed by atoms with Crippen LogP contribution in [0, 0.1) is 12.8 Å². The molecule has 0 atom stereocenters. The van der Waals surface area contributed by atoms with E-state index in [2.05, 4.69) is 48.4 Å². The van der Waals surface area contributed by atoms with E-state index in [9.17, 15) is 4.79 Å². The number of hydrogen-bond donors (Lipinski definition) is 2. The van der Waals surface area contributed by atoms with Gasteiger partial charge in [0.05, 0.1) is 6.54 Å². The minimum atomic E-state index is 0.0395. The highest BCUT2D eigenvalue weighted by Gasteiger charge is 2.04. The van der Waals surface area contributed by atoms with Gasteiger partial charge in [-0.05, 0) is 37.0 Å². The highest BCUT2D eigenvalue weighted by atomic mass is 16.1. The first-order valence-corrected chi connectivity index (χ1v) is 7.18. The second kappa shape index (κ2) is 7.78. The van der Waals surface area contributed by atoms with Crippen molar-refractivity contribution in [1.82, 2.24) is 5.32 Å². The summed E-state index contributed by atoms with van der Waals surface area (Å²) in [5.74, 6) is 0.653. The highest BCUT2D eigenvalue weighted by Crippen LogP contribution is 2.22. The summed E-state index contributed by atoms with van der Waals surface area (Å²) in [5.41, 5.74) is 3.36. The molecular weight excluding hydrogens is 250 g/mol. The van der Waals surface area contributed by atoms with Gasteiger partial charge in [0.15, 0.2) is 0 Å². The Kier molecular flexibility index (Phi) is 6.36. The first-order chi connectivity index (χ1) is 9.40. The molecule has 0 aliphatic heterocycles. The lowest BCUT2D eigenvalue weighted by molar-refractivity contribution is -0.119. The van der Waals surface area contributed by atoms with Gasteiger partial charge in [-0.1, -0.05) is 19.9 Å². The maximum atomic E-state index is 11.7. The Morgan fingerprint density at radius 1 is 1.30 bits per heavy atom. The van der Waals surface area contributed by atoms with Crippen LogP contribution in [0.1, 0.15) is 25.8 Å². The Morgan fingerprint density at radius 3 is 2.60 bits per heavy atom. The van der Waals surface area contributed by atoms with Gasteiger partial charge in [0.2, 0.25) is 5.91 Å². The Morgan fingerprint density at radius 2 is 2.00 bits per heavy atom. The molecule has 0 fully saturated rings. The predicted octanol–water partition coefficient (Wildman–Crippen LogP) is 2.64. The summed E-state index contributed by atoms with van der Waals surface area (Å²) in [6, 6.07) is 6.13. The molecule has 4 heteroatoms. The first kappa shape index (κ1) is 16.3. The molecule has 0 aliphatic carbocycles. The molecule has 112 valence electrons. The number of rotatable bonds is 7. The summed E-state index contributed by atoms with van der Waals surface area (Å²) in [5, 5.41) is 6.09. The Balaban J connectivity index is 2.45. The van der Waals surface area contributed by atoms with Crippen LogP contribution in [0.4, 0.5) is 11.4 Å². The molecule has 0 aliphatic rings. The standard InChI is InChI=1S/C16H27N3O/c1-12(2)8-9-17-16(20)11-18-14-7-6-13(3)15(10-14)19(4)5/h6-7,10,12,18H,8-9,11H2,1-5H3,(H,17,20). The van der Waals surface area contributed by atoms with Gasteiger partial charge in [-0.15, -0.1) is 0 Å². The fraction of sp³-hybridized carbons (Fsp3) is 0.562. The van der Waals surface area contributed by atoms with Gasteiger partial charge in [-0.2, -0.15) is 0 Å². The van der Waals surface area contributed by atoms with Crippen molar-refractivity contribution in [1.29, 1.82) is 0 Å². The third-order valence-corrected chi connectivity index (χ3v) is 3.19. The van der Waals surface area contributed by atoms with Crippen molar-refractivity contribution in [3.8, 4) is 0 Å². The number of nitrogens with one attached hydrogen (secondary N) is 2. The number of carbonyl (C=O) groups is 1. The minimum Gasteiger partial charge on any atom is -0.377 e. The van der Waals surface area contributed by atoms with E-state index in [1.165, 1.54) is 5.56 Å². The van der Waals surface area contributed by atoms with E-state index in [4.69, 9.17) is 0 Å². The molecule has 0 saturated carbocycles. The van der Waals surface area contributed by atoms with Crippen LogP contribution in [-0.4, -0.2) is 33.1 Å². The fourth-order valence-corrected chi connectivity index (χ4v) is 1.95. The quantitative estimate of drug-likeness (QED) is 0.805. The monoisotopic (exact) mass is 277 g/mol.